The lowest BCUT2D eigenvalue weighted by atomic mass is 10.1. The van der Waals surface area contributed by atoms with Crippen LogP contribution in [0.4, 0.5) is 5.69 Å². The third-order valence-corrected chi connectivity index (χ3v) is 5.13. The molecule has 4 heterocycles. The first kappa shape index (κ1) is 22.7. The minimum absolute atomic E-state index is 0. The van der Waals surface area contributed by atoms with Gasteiger partial charge in [-0.15, -0.1) is 29.9 Å². The summed E-state index contributed by atoms with van der Waals surface area (Å²) in [5.74, 6) is 0.432. The fraction of sp³-hybridized carbons (Fsp3) is 0.250. The van der Waals surface area contributed by atoms with Gasteiger partial charge in [0.05, 0.1) is 35.2 Å². The van der Waals surface area contributed by atoms with Gasteiger partial charge in [0.15, 0.2) is 5.69 Å². The molecule has 1 aliphatic rings. The van der Waals surface area contributed by atoms with Crippen LogP contribution in [0.5, 0.6) is 0 Å². The number of para-hydroxylation sites is 2. The van der Waals surface area contributed by atoms with E-state index in [0.717, 1.165) is 42.8 Å². The quantitative estimate of drug-likeness (QED) is 0.485. The number of fused-ring (bicyclic) bond motifs is 1. The number of imidazole rings is 1. The molecule has 3 aromatic heterocycles. The van der Waals surface area contributed by atoms with E-state index in [4.69, 9.17) is 0 Å². The molecule has 11 heteroatoms. The van der Waals surface area contributed by atoms with Gasteiger partial charge in [0.2, 0.25) is 0 Å². The number of nitrogens with one attached hydrogen (secondary N) is 2. The van der Waals surface area contributed by atoms with Gasteiger partial charge in [-0.05, 0) is 50.2 Å². The molecule has 0 spiro atoms. The second-order valence-corrected chi connectivity index (χ2v) is 7.03. The summed E-state index contributed by atoms with van der Waals surface area (Å²) in [6.45, 7) is 1.91. The van der Waals surface area contributed by atoms with Gasteiger partial charge >= 0.3 is 0 Å². The predicted molar refractivity (Wildman–Crippen MR) is 122 cm³/mol. The van der Waals surface area contributed by atoms with E-state index < -0.39 is 0 Å². The zero-order valence-electron chi connectivity index (χ0n) is 16.5. The molecular formula is C20H22Cl2N8O. The van der Waals surface area contributed by atoms with Gasteiger partial charge in [-0.2, -0.15) is 0 Å². The number of nitrogens with zero attached hydrogens (tertiary/aromatic N) is 6. The van der Waals surface area contributed by atoms with Gasteiger partial charge in [0.25, 0.3) is 5.91 Å². The molecule has 4 aromatic rings. The standard InChI is InChI=1S/C20H20N8O.2ClH/c29-20(17-12-28(26-25-17)15-7-9-21-10-8-15)24-14-5-6-19(22-11-14)27-13-23-16-3-1-2-4-18(16)27;;/h1-6,11-13,15,21H,7-10H2,(H,24,29);2*1H. The largest absolute Gasteiger partial charge is 0.319 e. The second kappa shape index (κ2) is 9.86. The van der Waals surface area contributed by atoms with Crippen LogP contribution in [-0.4, -0.2) is 48.5 Å². The number of carbonyl (C=O) groups excluding carboxylic acids is 1. The van der Waals surface area contributed by atoms with Crippen LogP contribution in [0.3, 0.4) is 0 Å². The molecule has 5 rings (SSSR count). The van der Waals surface area contributed by atoms with E-state index in [2.05, 4.69) is 30.9 Å². The van der Waals surface area contributed by atoms with E-state index in [9.17, 15) is 4.79 Å². The van der Waals surface area contributed by atoms with Crippen LogP contribution in [0.1, 0.15) is 29.4 Å². The smallest absolute Gasteiger partial charge is 0.277 e. The van der Waals surface area contributed by atoms with E-state index >= 15 is 0 Å². The van der Waals surface area contributed by atoms with Crippen molar-refractivity contribution >= 4 is 47.4 Å². The molecule has 0 aliphatic carbocycles. The van der Waals surface area contributed by atoms with Crippen molar-refractivity contribution in [1.29, 1.82) is 0 Å². The molecule has 0 atom stereocenters. The molecule has 2 N–H and O–H groups in total. The first-order chi connectivity index (χ1) is 14.3. The fourth-order valence-electron chi connectivity index (χ4n) is 3.57. The molecule has 0 unspecified atom stereocenters. The molecule has 1 saturated heterocycles. The van der Waals surface area contributed by atoms with E-state index in [-0.39, 0.29) is 36.8 Å². The number of piperidine rings is 1. The highest BCUT2D eigenvalue weighted by molar-refractivity contribution is 6.02. The van der Waals surface area contributed by atoms with E-state index in [1.54, 1.807) is 23.4 Å². The van der Waals surface area contributed by atoms with Crippen molar-refractivity contribution in [2.75, 3.05) is 18.4 Å². The summed E-state index contributed by atoms with van der Waals surface area (Å²) < 4.78 is 3.70. The lowest BCUT2D eigenvalue weighted by molar-refractivity contribution is 0.102. The van der Waals surface area contributed by atoms with Crippen molar-refractivity contribution in [3.05, 3.63) is 60.8 Å². The van der Waals surface area contributed by atoms with Crippen molar-refractivity contribution in [2.24, 2.45) is 0 Å². The highest BCUT2D eigenvalue weighted by Crippen LogP contribution is 2.19. The molecule has 0 saturated carbocycles. The van der Waals surface area contributed by atoms with Crippen LogP contribution < -0.4 is 10.6 Å². The summed E-state index contributed by atoms with van der Waals surface area (Å²) in [6.07, 6.45) is 7.05. The summed E-state index contributed by atoms with van der Waals surface area (Å²) in [5, 5.41) is 14.3. The van der Waals surface area contributed by atoms with Crippen LogP contribution in [0.15, 0.2) is 55.1 Å². The van der Waals surface area contributed by atoms with E-state index in [1.807, 2.05) is 41.0 Å². The number of rotatable bonds is 4. The number of anilines is 1. The number of amides is 1. The molecule has 31 heavy (non-hydrogen) atoms. The molecule has 0 bridgehead atoms. The summed E-state index contributed by atoms with van der Waals surface area (Å²) in [5.41, 5.74) is 2.78. The Hall–Kier alpha value is -3.01. The Labute approximate surface area is 191 Å². The van der Waals surface area contributed by atoms with Crippen molar-refractivity contribution in [3.8, 4) is 5.82 Å². The normalized spacial score (nSPS) is 13.9. The highest BCUT2D eigenvalue weighted by atomic mass is 35.5. The average Bonchev–Trinajstić information content (AvgIpc) is 3.43. The number of benzene rings is 1. The van der Waals surface area contributed by atoms with E-state index in [0.29, 0.717) is 11.4 Å². The molecule has 1 aromatic carbocycles. The fourth-order valence-corrected chi connectivity index (χ4v) is 3.57. The van der Waals surface area contributed by atoms with Gasteiger partial charge in [-0.1, -0.05) is 17.3 Å². The zero-order chi connectivity index (χ0) is 19.6. The number of carbonyl (C=O) groups is 1. The third kappa shape index (κ3) is 4.68. The predicted octanol–water partition coefficient (Wildman–Crippen LogP) is 3.03. The monoisotopic (exact) mass is 460 g/mol. The van der Waals surface area contributed by atoms with Crippen LogP contribution in [0, 0.1) is 0 Å². The summed E-state index contributed by atoms with van der Waals surface area (Å²) in [6, 6.07) is 11.8. The SMILES string of the molecule is Cl.Cl.O=C(Nc1ccc(-n2cnc3ccccc32)nc1)c1cn(C2CCNCC2)nn1. The summed E-state index contributed by atoms with van der Waals surface area (Å²) >= 11 is 0. The molecule has 162 valence electrons. The number of halogens is 2. The molecule has 1 fully saturated rings. The number of hydrogen-bond acceptors (Lipinski definition) is 6. The minimum Gasteiger partial charge on any atom is -0.319 e. The summed E-state index contributed by atoms with van der Waals surface area (Å²) in [7, 11) is 0. The van der Waals surface area contributed by atoms with Crippen molar-refractivity contribution < 1.29 is 4.79 Å². The maximum atomic E-state index is 12.5. The van der Waals surface area contributed by atoms with E-state index in [1.165, 1.54) is 0 Å². The number of hydrogen-bond donors (Lipinski definition) is 2. The van der Waals surface area contributed by atoms with Crippen LogP contribution >= 0.6 is 24.8 Å². The topological polar surface area (TPSA) is 103 Å². The Bertz CT molecular complexity index is 1150. The van der Waals surface area contributed by atoms with Crippen LogP contribution in [0.25, 0.3) is 16.9 Å². The molecule has 9 nitrogen and oxygen atoms in total. The molecular weight excluding hydrogens is 439 g/mol. The Morgan fingerprint density at radius 1 is 1.06 bits per heavy atom. The maximum absolute atomic E-state index is 12.5. The van der Waals surface area contributed by atoms with Gasteiger partial charge in [-0.3, -0.25) is 9.36 Å². The first-order valence-electron chi connectivity index (χ1n) is 9.60. The average molecular weight is 461 g/mol. The lowest BCUT2D eigenvalue weighted by Crippen LogP contribution is -2.29. The molecule has 1 aliphatic heterocycles. The Balaban J connectivity index is 0.00000136. The summed E-state index contributed by atoms with van der Waals surface area (Å²) in [4.78, 5) is 21.4. The van der Waals surface area contributed by atoms with Crippen molar-refractivity contribution in [1.82, 2.24) is 34.8 Å². The van der Waals surface area contributed by atoms with Gasteiger partial charge in [0.1, 0.15) is 12.1 Å². The highest BCUT2D eigenvalue weighted by Gasteiger charge is 2.19. The van der Waals surface area contributed by atoms with Gasteiger partial charge in [-0.25, -0.2) is 14.6 Å². The van der Waals surface area contributed by atoms with Gasteiger partial charge in [0, 0.05) is 0 Å². The van der Waals surface area contributed by atoms with Crippen molar-refractivity contribution in [3.63, 3.8) is 0 Å². The number of pyridine rings is 1. The zero-order valence-corrected chi connectivity index (χ0v) is 18.1. The second-order valence-electron chi connectivity index (χ2n) is 7.03. The molecule has 1 amide bonds. The van der Waals surface area contributed by atoms with Crippen molar-refractivity contribution in [2.45, 2.75) is 18.9 Å². The van der Waals surface area contributed by atoms with Crippen LogP contribution in [0.2, 0.25) is 0 Å². The van der Waals surface area contributed by atoms with Crippen LogP contribution in [-0.2, 0) is 0 Å². The Kier molecular flexibility index (Phi) is 7.21. The third-order valence-electron chi connectivity index (χ3n) is 5.13. The molecule has 0 radical (unpaired) electrons. The maximum Gasteiger partial charge on any atom is 0.277 e. The lowest BCUT2D eigenvalue weighted by Gasteiger charge is -2.22. The Morgan fingerprint density at radius 3 is 2.65 bits per heavy atom. The Morgan fingerprint density at radius 2 is 1.87 bits per heavy atom. The first-order valence-corrected chi connectivity index (χ1v) is 9.60. The number of aromatic nitrogens is 6. The minimum atomic E-state index is -0.298. The van der Waals surface area contributed by atoms with Gasteiger partial charge < -0.3 is 10.6 Å².